The number of hydrogen-bond acceptors (Lipinski definition) is 12. The van der Waals surface area contributed by atoms with E-state index < -0.39 is 49.8 Å². The molecule has 3 heterocycles. The number of nitrogens with one attached hydrogen (secondary N) is 1. The molecular formula is C19H30N3O11P. The van der Waals surface area contributed by atoms with Crippen molar-refractivity contribution in [2.75, 3.05) is 20.3 Å². The molecule has 0 amide bonds. The molecule has 0 bridgehead atoms. The van der Waals surface area contributed by atoms with E-state index in [0.717, 1.165) is 0 Å². The normalized spacial score (nSPS) is 30.9. The van der Waals surface area contributed by atoms with E-state index in [-0.39, 0.29) is 31.7 Å². The molecular weight excluding hydrogens is 477 g/mol. The van der Waals surface area contributed by atoms with Gasteiger partial charge in [-0.15, -0.1) is 0 Å². The van der Waals surface area contributed by atoms with E-state index in [4.69, 9.17) is 38.5 Å². The Bertz CT molecular complexity index is 1030. The average Bonchev–Trinajstić information content (AvgIpc) is 3.35. The van der Waals surface area contributed by atoms with Gasteiger partial charge >= 0.3 is 19.5 Å². The molecule has 192 valence electrons. The highest BCUT2D eigenvalue weighted by Gasteiger charge is 2.41. The second kappa shape index (κ2) is 11.2. The summed E-state index contributed by atoms with van der Waals surface area (Å²) in [5, 5.41) is 0. The summed E-state index contributed by atoms with van der Waals surface area (Å²) in [7, 11) is -2.81. The van der Waals surface area contributed by atoms with Crippen LogP contribution in [0, 0.1) is 12.8 Å². The number of phosphoric acid groups is 1. The van der Waals surface area contributed by atoms with E-state index in [9.17, 15) is 18.9 Å². The number of aromatic nitrogens is 2. The van der Waals surface area contributed by atoms with E-state index in [1.54, 1.807) is 13.8 Å². The van der Waals surface area contributed by atoms with Gasteiger partial charge in [0, 0.05) is 44.6 Å². The molecule has 3 unspecified atom stereocenters. The molecule has 3 rings (SSSR count). The van der Waals surface area contributed by atoms with Crippen molar-refractivity contribution in [1.82, 2.24) is 9.55 Å². The van der Waals surface area contributed by atoms with Crippen LogP contribution in [0.3, 0.4) is 0 Å². The molecule has 15 heteroatoms. The Balaban J connectivity index is 1.58. The maximum Gasteiger partial charge on any atom is 0.474 e. The van der Waals surface area contributed by atoms with Crippen molar-refractivity contribution in [3.63, 3.8) is 0 Å². The summed E-state index contributed by atoms with van der Waals surface area (Å²) in [6.07, 6.45) is -1.36. The third-order valence-electron chi connectivity index (χ3n) is 5.70. The molecule has 0 saturated carbocycles. The molecule has 2 aliphatic heterocycles. The number of ether oxygens (including phenoxy) is 3. The number of aromatic amines is 1. The van der Waals surface area contributed by atoms with Gasteiger partial charge in [0.25, 0.3) is 5.56 Å². The van der Waals surface area contributed by atoms with Gasteiger partial charge in [0.1, 0.15) is 18.4 Å². The number of carbonyl (C=O) groups excluding carboxylic acids is 1. The second-order valence-corrected chi connectivity index (χ2v) is 9.89. The molecule has 2 fully saturated rings. The van der Waals surface area contributed by atoms with Crippen molar-refractivity contribution >= 4 is 13.8 Å². The lowest BCUT2D eigenvalue weighted by atomic mass is 10.0. The topological polar surface area (TPSA) is 180 Å². The maximum atomic E-state index is 12.9. The number of rotatable bonds is 10. The lowest BCUT2D eigenvalue weighted by Crippen LogP contribution is -2.33. The smallest absolute Gasteiger partial charge is 0.436 e. The van der Waals surface area contributed by atoms with E-state index >= 15 is 0 Å². The lowest BCUT2D eigenvalue weighted by molar-refractivity contribution is -0.171. The van der Waals surface area contributed by atoms with E-state index in [1.165, 1.54) is 24.8 Å². The van der Waals surface area contributed by atoms with Gasteiger partial charge in [0.2, 0.25) is 6.29 Å². The predicted octanol–water partition coefficient (Wildman–Crippen LogP) is 0.493. The summed E-state index contributed by atoms with van der Waals surface area (Å²) in [6.45, 7) is 4.33. The van der Waals surface area contributed by atoms with Crippen molar-refractivity contribution in [3.8, 4) is 0 Å². The highest BCUT2D eigenvalue weighted by molar-refractivity contribution is 7.48. The van der Waals surface area contributed by atoms with Gasteiger partial charge in [0.15, 0.2) is 0 Å². The maximum absolute atomic E-state index is 12.9. The van der Waals surface area contributed by atoms with Crippen LogP contribution in [0.1, 0.15) is 38.5 Å². The van der Waals surface area contributed by atoms with Crippen LogP contribution in [0.15, 0.2) is 15.8 Å². The number of carbonyl (C=O) groups is 1. The van der Waals surface area contributed by atoms with Gasteiger partial charge in [-0.05, 0) is 13.8 Å². The van der Waals surface area contributed by atoms with Gasteiger partial charge in [-0.3, -0.25) is 37.5 Å². The Morgan fingerprint density at radius 1 is 1.26 bits per heavy atom. The van der Waals surface area contributed by atoms with Crippen LogP contribution in [0.4, 0.5) is 0 Å². The molecule has 14 nitrogen and oxygen atoms in total. The summed E-state index contributed by atoms with van der Waals surface area (Å²) in [5.74, 6) is 4.70. The molecule has 3 N–H and O–H groups in total. The van der Waals surface area contributed by atoms with Gasteiger partial charge in [-0.25, -0.2) is 15.3 Å². The number of H-pyrrole nitrogens is 1. The van der Waals surface area contributed by atoms with Gasteiger partial charge < -0.3 is 14.2 Å². The predicted molar refractivity (Wildman–Crippen MR) is 114 cm³/mol. The number of nitrogens with zero attached hydrogens (tertiary/aromatic N) is 1. The summed E-state index contributed by atoms with van der Waals surface area (Å²) >= 11 is 0. The molecule has 2 saturated heterocycles. The van der Waals surface area contributed by atoms with Crippen LogP contribution in [0.25, 0.3) is 0 Å². The number of aryl methyl sites for hydroxylation is 1. The summed E-state index contributed by atoms with van der Waals surface area (Å²) in [5.41, 5.74) is -0.819. The monoisotopic (exact) mass is 507 g/mol. The Labute approximate surface area is 195 Å². The Morgan fingerprint density at radius 2 is 1.97 bits per heavy atom. The van der Waals surface area contributed by atoms with Crippen molar-refractivity contribution in [3.05, 3.63) is 32.6 Å². The zero-order valence-corrected chi connectivity index (χ0v) is 20.2. The van der Waals surface area contributed by atoms with Gasteiger partial charge in [0.05, 0.1) is 19.3 Å². The van der Waals surface area contributed by atoms with Crippen LogP contribution in [0.5, 0.6) is 0 Å². The Kier molecular flexibility index (Phi) is 8.82. The zero-order valence-electron chi connectivity index (χ0n) is 19.3. The molecule has 0 aromatic carbocycles. The molecule has 1 aromatic heterocycles. The lowest BCUT2D eigenvalue weighted by Gasteiger charge is -2.22. The minimum absolute atomic E-state index is 0.0267. The number of esters is 1. The first-order chi connectivity index (χ1) is 16.0. The number of nitrogens with two attached hydrogens (primary N) is 1. The number of phosphoric ester groups is 1. The molecule has 34 heavy (non-hydrogen) atoms. The van der Waals surface area contributed by atoms with Crippen LogP contribution >= 0.6 is 7.82 Å². The minimum atomic E-state index is -3.99. The first kappa shape index (κ1) is 26.7. The van der Waals surface area contributed by atoms with Crippen LogP contribution in [-0.2, 0) is 42.0 Å². The van der Waals surface area contributed by atoms with Gasteiger partial charge in [-0.1, -0.05) is 0 Å². The van der Waals surface area contributed by atoms with E-state index in [0.29, 0.717) is 12.0 Å². The molecule has 7 atom stereocenters. The van der Waals surface area contributed by atoms with Crippen molar-refractivity contribution in [2.24, 2.45) is 11.8 Å². The fourth-order valence-corrected chi connectivity index (χ4v) is 4.76. The highest BCUT2D eigenvalue weighted by Crippen LogP contribution is 2.50. The summed E-state index contributed by atoms with van der Waals surface area (Å²) in [4.78, 5) is 42.1. The Morgan fingerprint density at radius 3 is 2.62 bits per heavy atom. The van der Waals surface area contributed by atoms with Crippen LogP contribution in [-0.4, -0.2) is 60.4 Å². The third-order valence-corrected chi connectivity index (χ3v) is 7.08. The summed E-state index contributed by atoms with van der Waals surface area (Å²) < 4.78 is 46.4. The standard InChI is InChI=1S/C19H30N3O11P/c1-10-7-22(19(25)21-18(10)24)16-6-14(33-20)15(32-16)9-29-34(26,27-4)28-8-13-5-17(30-11(13)2)31-12(3)23/h7,11,13-17H,5-6,8-9,20H2,1-4H3,(H,21,24,25)/t11?,13-,14+,15+,16+,17?,34?/m0/s1. The Hall–Kier alpha value is -1.90. The van der Waals surface area contributed by atoms with Crippen LogP contribution in [0.2, 0.25) is 0 Å². The van der Waals surface area contributed by atoms with E-state index in [1.807, 2.05) is 0 Å². The molecule has 1 aromatic rings. The first-order valence-electron chi connectivity index (χ1n) is 10.7. The quantitative estimate of drug-likeness (QED) is 0.255. The number of hydrogen-bond donors (Lipinski definition) is 2. The van der Waals surface area contributed by atoms with E-state index in [2.05, 4.69) is 4.98 Å². The largest absolute Gasteiger partial charge is 0.474 e. The fourth-order valence-electron chi connectivity index (χ4n) is 3.77. The molecule has 0 spiro atoms. The highest BCUT2D eigenvalue weighted by atomic mass is 31.2. The average molecular weight is 507 g/mol. The summed E-state index contributed by atoms with van der Waals surface area (Å²) in [6, 6.07) is 0. The fraction of sp³-hybridized carbons (Fsp3) is 0.737. The SMILES string of the molecule is COP(=O)(OC[C@@H]1CC(OC(C)=O)OC1C)OC[C@H]1O[C@@H](n2cc(C)c(=O)[nH]c2=O)C[C@H]1ON. The second-order valence-electron chi connectivity index (χ2n) is 8.12. The molecule has 0 radical (unpaired) electrons. The zero-order chi connectivity index (χ0) is 25.0. The minimum Gasteiger partial charge on any atom is -0.436 e. The van der Waals surface area contributed by atoms with Crippen molar-refractivity contribution in [2.45, 2.75) is 64.4 Å². The molecule has 2 aliphatic rings. The third kappa shape index (κ3) is 6.40. The van der Waals surface area contributed by atoms with Crippen molar-refractivity contribution < 1.29 is 42.0 Å². The van der Waals surface area contributed by atoms with Crippen LogP contribution < -0.4 is 17.1 Å². The van der Waals surface area contributed by atoms with Crippen molar-refractivity contribution in [1.29, 1.82) is 0 Å². The van der Waals surface area contributed by atoms with Gasteiger partial charge in [-0.2, -0.15) is 0 Å². The first-order valence-corrected chi connectivity index (χ1v) is 12.1. The molecule has 0 aliphatic carbocycles.